The van der Waals surface area contributed by atoms with Crippen molar-refractivity contribution in [3.8, 4) is 0 Å². The van der Waals surface area contributed by atoms with E-state index in [2.05, 4.69) is 11.8 Å². The molecule has 4 heteroatoms. The molecular weight excluding hydrogens is 238 g/mol. The van der Waals surface area contributed by atoms with Crippen molar-refractivity contribution in [3.05, 3.63) is 29.3 Å². The zero-order chi connectivity index (χ0) is 13.8. The van der Waals surface area contributed by atoms with Gasteiger partial charge in [0.05, 0.1) is 0 Å². The minimum atomic E-state index is -0.428. The summed E-state index contributed by atoms with van der Waals surface area (Å²) in [5.74, 6) is 0.401. The van der Waals surface area contributed by atoms with Crippen LogP contribution in [0, 0.1) is 5.92 Å². The van der Waals surface area contributed by atoms with Gasteiger partial charge in [0.15, 0.2) is 0 Å². The Morgan fingerprint density at radius 1 is 1.47 bits per heavy atom. The number of rotatable bonds is 5. The van der Waals surface area contributed by atoms with Gasteiger partial charge in [-0.3, -0.25) is 9.69 Å². The number of carbonyl (C=O) groups excluding carboxylic acids is 1. The molecule has 1 heterocycles. The lowest BCUT2D eigenvalue weighted by Crippen LogP contribution is -2.21. The average Bonchev–Trinajstić information content (AvgIpc) is 2.79. The Kier molecular flexibility index (Phi) is 4.43. The first-order chi connectivity index (χ1) is 9.10. The molecule has 1 atom stereocenters. The van der Waals surface area contributed by atoms with Crippen LogP contribution in [0.2, 0.25) is 0 Å². The summed E-state index contributed by atoms with van der Waals surface area (Å²) in [6.45, 7) is 5.40. The lowest BCUT2D eigenvalue weighted by atomic mass is 10.0. The van der Waals surface area contributed by atoms with Crippen LogP contribution in [-0.2, 0) is 6.54 Å². The number of nitrogens with two attached hydrogens (primary N) is 2. The highest BCUT2D eigenvalue weighted by Gasteiger charge is 2.22. The molecule has 1 saturated heterocycles. The Morgan fingerprint density at radius 3 is 2.89 bits per heavy atom. The second-order valence-electron chi connectivity index (χ2n) is 5.46. The lowest BCUT2D eigenvalue weighted by molar-refractivity contribution is 0.100. The number of benzene rings is 1. The quantitative estimate of drug-likeness (QED) is 0.796. The standard InChI is InChI=1S/C15H23N3O/c1-2-3-11-6-7-18(9-11)10-13-5-4-12(15(17)19)8-14(13)16/h4-5,8,11H,2-3,6-7,9-10,16H2,1H3,(H2,17,19). The highest BCUT2D eigenvalue weighted by molar-refractivity contribution is 5.93. The second kappa shape index (κ2) is 6.06. The van der Waals surface area contributed by atoms with Gasteiger partial charge in [-0.2, -0.15) is 0 Å². The van der Waals surface area contributed by atoms with Crippen LogP contribution in [0.1, 0.15) is 42.1 Å². The maximum atomic E-state index is 11.1. The van der Waals surface area contributed by atoms with Gasteiger partial charge in [-0.1, -0.05) is 19.4 Å². The van der Waals surface area contributed by atoms with Gasteiger partial charge in [-0.05, 0) is 43.0 Å². The fraction of sp³-hybridized carbons (Fsp3) is 0.533. The molecule has 1 amide bonds. The van der Waals surface area contributed by atoms with Crippen molar-refractivity contribution in [1.29, 1.82) is 0 Å². The molecule has 0 bridgehead atoms. The third-order valence-corrected chi connectivity index (χ3v) is 3.89. The number of amides is 1. The number of likely N-dealkylation sites (tertiary alicyclic amines) is 1. The molecule has 4 nitrogen and oxygen atoms in total. The van der Waals surface area contributed by atoms with Crippen LogP contribution in [0.3, 0.4) is 0 Å². The van der Waals surface area contributed by atoms with Crippen molar-refractivity contribution in [2.45, 2.75) is 32.7 Å². The largest absolute Gasteiger partial charge is 0.398 e. The van der Waals surface area contributed by atoms with E-state index in [1.54, 1.807) is 12.1 Å². The van der Waals surface area contributed by atoms with E-state index in [0.29, 0.717) is 11.3 Å². The molecule has 1 aromatic rings. The van der Waals surface area contributed by atoms with Crippen LogP contribution in [0.25, 0.3) is 0 Å². The SMILES string of the molecule is CCCC1CCN(Cc2ccc(C(N)=O)cc2N)C1. The molecule has 1 aromatic carbocycles. The van der Waals surface area contributed by atoms with Gasteiger partial charge >= 0.3 is 0 Å². The van der Waals surface area contributed by atoms with E-state index in [4.69, 9.17) is 11.5 Å². The number of anilines is 1. The Morgan fingerprint density at radius 2 is 2.26 bits per heavy atom. The average molecular weight is 261 g/mol. The molecule has 0 aliphatic carbocycles. The van der Waals surface area contributed by atoms with Crippen LogP contribution < -0.4 is 11.5 Å². The van der Waals surface area contributed by atoms with Gasteiger partial charge in [0.1, 0.15) is 0 Å². The monoisotopic (exact) mass is 261 g/mol. The first-order valence-corrected chi connectivity index (χ1v) is 7.00. The Labute approximate surface area is 114 Å². The molecule has 0 radical (unpaired) electrons. The highest BCUT2D eigenvalue weighted by atomic mass is 16.1. The maximum Gasteiger partial charge on any atom is 0.248 e. The van der Waals surface area contributed by atoms with Crippen LogP contribution in [-0.4, -0.2) is 23.9 Å². The number of carbonyl (C=O) groups is 1. The van der Waals surface area contributed by atoms with Crippen molar-refractivity contribution in [1.82, 2.24) is 4.90 Å². The third kappa shape index (κ3) is 3.47. The summed E-state index contributed by atoms with van der Waals surface area (Å²) in [6.07, 6.45) is 3.85. The molecule has 2 rings (SSSR count). The fourth-order valence-electron chi connectivity index (χ4n) is 2.83. The summed E-state index contributed by atoms with van der Waals surface area (Å²) in [6, 6.07) is 5.35. The van der Waals surface area contributed by atoms with Crippen LogP contribution in [0.5, 0.6) is 0 Å². The van der Waals surface area contributed by atoms with E-state index in [1.807, 2.05) is 6.07 Å². The molecule has 1 aliphatic rings. The van der Waals surface area contributed by atoms with Crippen molar-refractivity contribution < 1.29 is 4.79 Å². The lowest BCUT2D eigenvalue weighted by Gasteiger charge is -2.17. The second-order valence-corrected chi connectivity index (χ2v) is 5.46. The normalized spacial score (nSPS) is 19.7. The Hall–Kier alpha value is -1.55. The summed E-state index contributed by atoms with van der Waals surface area (Å²) < 4.78 is 0. The first kappa shape index (κ1) is 13.9. The van der Waals surface area contributed by atoms with Crippen LogP contribution in [0.4, 0.5) is 5.69 Å². The van der Waals surface area contributed by atoms with Gasteiger partial charge in [-0.15, -0.1) is 0 Å². The van der Waals surface area contributed by atoms with E-state index < -0.39 is 5.91 Å². The minimum Gasteiger partial charge on any atom is -0.398 e. The zero-order valence-corrected chi connectivity index (χ0v) is 11.6. The molecule has 19 heavy (non-hydrogen) atoms. The van der Waals surface area contributed by atoms with E-state index in [9.17, 15) is 4.79 Å². The molecule has 0 spiro atoms. The highest BCUT2D eigenvalue weighted by Crippen LogP contribution is 2.24. The van der Waals surface area contributed by atoms with Crippen LogP contribution >= 0.6 is 0 Å². The van der Waals surface area contributed by atoms with Crippen molar-refractivity contribution in [2.75, 3.05) is 18.8 Å². The predicted molar refractivity (Wildman–Crippen MR) is 77.7 cm³/mol. The summed E-state index contributed by atoms with van der Waals surface area (Å²) >= 11 is 0. The van der Waals surface area contributed by atoms with E-state index in [1.165, 1.54) is 19.3 Å². The number of nitrogens with zero attached hydrogens (tertiary/aromatic N) is 1. The van der Waals surface area contributed by atoms with Gasteiger partial charge in [0.2, 0.25) is 5.91 Å². The Bertz CT molecular complexity index is 459. The maximum absolute atomic E-state index is 11.1. The van der Waals surface area contributed by atoms with Crippen LogP contribution in [0.15, 0.2) is 18.2 Å². The van der Waals surface area contributed by atoms with Gasteiger partial charge < -0.3 is 11.5 Å². The molecule has 1 aliphatic heterocycles. The number of nitrogen functional groups attached to an aromatic ring is 1. The summed E-state index contributed by atoms with van der Waals surface area (Å²) in [7, 11) is 0. The van der Waals surface area contributed by atoms with E-state index in [-0.39, 0.29) is 0 Å². The van der Waals surface area contributed by atoms with Gasteiger partial charge in [-0.25, -0.2) is 0 Å². The first-order valence-electron chi connectivity index (χ1n) is 7.00. The summed E-state index contributed by atoms with van der Waals surface area (Å²) in [4.78, 5) is 13.5. The Balaban J connectivity index is 1.98. The molecular formula is C15H23N3O. The molecule has 0 saturated carbocycles. The van der Waals surface area contributed by atoms with Gasteiger partial charge in [0.25, 0.3) is 0 Å². The molecule has 104 valence electrons. The van der Waals surface area contributed by atoms with Gasteiger partial charge in [0, 0.05) is 24.3 Å². The number of hydrogen-bond donors (Lipinski definition) is 2. The summed E-state index contributed by atoms with van der Waals surface area (Å²) in [5, 5.41) is 0. The van der Waals surface area contributed by atoms with E-state index >= 15 is 0 Å². The topological polar surface area (TPSA) is 72.3 Å². The van der Waals surface area contributed by atoms with Crippen molar-refractivity contribution >= 4 is 11.6 Å². The van der Waals surface area contributed by atoms with Crippen molar-refractivity contribution in [3.63, 3.8) is 0 Å². The fourth-order valence-corrected chi connectivity index (χ4v) is 2.83. The molecule has 1 unspecified atom stereocenters. The third-order valence-electron chi connectivity index (χ3n) is 3.89. The molecule has 4 N–H and O–H groups in total. The zero-order valence-electron chi connectivity index (χ0n) is 11.6. The number of hydrogen-bond acceptors (Lipinski definition) is 3. The van der Waals surface area contributed by atoms with E-state index in [0.717, 1.165) is 31.1 Å². The van der Waals surface area contributed by atoms with Crippen molar-refractivity contribution in [2.24, 2.45) is 11.7 Å². The number of primary amides is 1. The predicted octanol–water partition coefficient (Wildman–Crippen LogP) is 1.99. The minimum absolute atomic E-state index is 0.428. The molecule has 1 fully saturated rings. The molecule has 0 aromatic heterocycles. The smallest absolute Gasteiger partial charge is 0.248 e. The summed E-state index contributed by atoms with van der Waals surface area (Å²) in [5.41, 5.74) is 13.5.